The van der Waals surface area contributed by atoms with Gasteiger partial charge in [0.25, 0.3) is 0 Å². The van der Waals surface area contributed by atoms with Crippen molar-refractivity contribution in [3.8, 4) is 5.75 Å². The molecule has 3 aromatic rings. The zero-order chi connectivity index (χ0) is 21.1. The number of aromatic amines is 1. The Balaban J connectivity index is 1.81. The Hall–Kier alpha value is -1.69. The summed E-state index contributed by atoms with van der Waals surface area (Å²) in [5.41, 5.74) is 4.05. The first-order valence-electron chi connectivity index (χ1n) is 9.38. The van der Waals surface area contributed by atoms with Crippen molar-refractivity contribution in [1.29, 1.82) is 0 Å². The van der Waals surface area contributed by atoms with Gasteiger partial charge < -0.3 is 14.5 Å². The van der Waals surface area contributed by atoms with Crippen molar-refractivity contribution < 1.29 is 14.3 Å². The van der Waals surface area contributed by atoms with E-state index in [2.05, 4.69) is 20.9 Å². The molecule has 0 atom stereocenters. The summed E-state index contributed by atoms with van der Waals surface area (Å²) in [5, 5.41) is 2.19. The summed E-state index contributed by atoms with van der Waals surface area (Å²) in [7, 11) is 0. The smallest absolute Gasteiger partial charge is 0.355 e. The number of aromatic nitrogens is 1. The number of nitrogens with one attached hydrogen (secondary N) is 1. The van der Waals surface area contributed by atoms with Crippen LogP contribution in [0.15, 0.2) is 28.7 Å². The molecule has 0 aliphatic heterocycles. The van der Waals surface area contributed by atoms with Crippen LogP contribution in [0.1, 0.15) is 40.5 Å². The SMILES string of the molecule is CCOC(=O)c1[nH]c2c(Br)ccc(Cl)c2c1CCCOc1cc(C)c(Cl)c(C)c1. The molecule has 7 heteroatoms. The predicted octanol–water partition coefficient (Wildman–Crippen LogP) is 7.04. The van der Waals surface area contributed by atoms with Crippen molar-refractivity contribution in [3.63, 3.8) is 0 Å². The Bertz CT molecular complexity index is 1040. The van der Waals surface area contributed by atoms with Crippen LogP contribution in [0.25, 0.3) is 10.9 Å². The third-order valence-corrected chi connectivity index (χ3v) is 6.26. The summed E-state index contributed by atoms with van der Waals surface area (Å²) in [6.45, 7) is 6.51. The molecular weight excluding hydrogens is 477 g/mol. The molecule has 1 aromatic heterocycles. The highest BCUT2D eigenvalue weighted by Crippen LogP contribution is 2.35. The van der Waals surface area contributed by atoms with Gasteiger partial charge in [0.05, 0.1) is 23.8 Å². The van der Waals surface area contributed by atoms with E-state index in [9.17, 15) is 4.79 Å². The van der Waals surface area contributed by atoms with Crippen LogP contribution in [0.3, 0.4) is 0 Å². The van der Waals surface area contributed by atoms with Crippen LogP contribution in [0.2, 0.25) is 10.0 Å². The highest BCUT2D eigenvalue weighted by atomic mass is 79.9. The Morgan fingerprint density at radius 3 is 2.52 bits per heavy atom. The van der Waals surface area contributed by atoms with Gasteiger partial charge >= 0.3 is 5.97 Å². The van der Waals surface area contributed by atoms with Crippen molar-refractivity contribution >= 4 is 56.0 Å². The van der Waals surface area contributed by atoms with Gasteiger partial charge in [-0.05, 0) is 90.5 Å². The minimum Gasteiger partial charge on any atom is -0.494 e. The third-order valence-electron chi connectivity index (χ3n) is 4.69. The van der Waals surface area contributed by atoms with Crippen molar-refractivity contribution in [1.82, 2.24) is 4.98 Å². The molecule has 2 aromatic carbocycles. The van der Waals surface area contributed by atoms with E-state index >= 15 is 0 Å². The summed E-state index contributed by atoms with van der Waals surface area (Å²) in [6, 6.07) is 7.53. The highest BCUT2D eigenvalue weighted by molar-refractivity contribution is 9.10. The molecule has 1 heterocycles. The summed E-state index contributed by atoms with van der Waals surface area (Å²) in [6.07, 6.45) is 1.33. The summed E-state index contributed by atoms with van der Waals surface area (Å²) in [4.78, 5) is 15.6. The molecule has 4 nitrogen and oxygen atoms in total. The van der Waals surface area contributed by atoms with Gasteiger partial charge in [0, 0.05) is 14.9 Å². The summed E-state index contributed by atoms with van der Waals surface area (Å²) < 4.78 is 12.0. The van der Waals surface area contributed by atoms with E-state index in [-0.39, 0.29) is 5.97 Å². The maximum absolute atomic E-state index is 12.5. The van der Waals surface area contributed by atoms with E-state index in [0.717, 1.165) is 42.8 Å². The second-order valence-electron chi connectivity index (χ2n) is 6.80. The molecule has 0 amide bonds. The standard InChI is InChI=1S/C22H22BrCl2NO3/c1-4-28-22(27)20-15(18-17(24)8-7-16(23)21(18)26-20)6-5-9-29-14-10-12(2)19(25)13(3)11-14/h7-8,10-11,26H,4-6,9H2,1-3H3. The normalized spacial score (nSPS) is 11.1. The molecule has 154 valence electrons. The fraction of sp³-hybridized carbons (Fsp3) is 0.318. The zero-order valence-corrected chi connectivity index (χ0v) is 19.6. The van der Waals surface area contributed by atoms with Gasteiger partial charge in [0.15, 0.2) is 0 Å². The van der Waals surface area contributed by atoms with Gasteiger partial charge in [-0.25, -0.2) is 4.79 Å². The van der Waals surface area contributed by atoms with Crippen LogP contribution in [0, 0.1) is 13.8 Å². The minimum absolute atomic E-state index is 0.306. The molecule has 29 heavy (non-hydrogen) atoms. The van der Waals surface area contributed by atoms with E-state index < -0.39 is 0 Å². The largest absolute Gasteiger partial charge is 0.494 e. The minimum atomic E-state index is -0.383. The van der Waals surface area contributed by atoms with Crippen molar-refractivity contribution in [2.45, 2.75) is 33.6 Å². The Morgan fingerprint density at radius 1 is 1.17 bits per heavy atom. The zero-order valence-electron chi connectivity index (χ0n) is 16.5. The Labute approximate surface area is 188 Å². The molecule has 3 rings (SSSR count). The number of esters is 1. The number of rotatable bonds is 7. The van der Waals surface area contributed by atoms with E-state index in [1.807, 2.05) is 38.1 Å². The second kappa shape index (κ2) is 9.41. The van der Waals surface area contributed by atoms with E-state index in [1.165, 1.54) is 0 Å². The van der Waals surface area contributed by atoms with Gasteiger partial charge in [-0.2, -0.15) is 0 Å². The lowest BCUT2D eigenvalue weighted by Crippen LogP contribution is -2.09. The molecule has 0 saturated heterocycles. The summed E-state index contributed by atoms with van der Waals surface area (Å²) in [5.74, 6) is 0.404. The van der Waals surface area contributed by atoms with Crippen molar-refractivity contribution in [3.05, 3.63) is 61.2 Å². The lowest BCUT2D eigenvalue weighted by Gasteiger charge is -2.10. The predicted molar refractivity (Wildman–Crippen MR) is 122 cm³/mol. The first-order valence-corrected chi connectivity index (χ1v) is 10.9. The van der Waals surface area contributed by atoms with Crippen molar-refractivity contribution in [2.75, 3.05) is 13.2 Å². The van der Waals surface area contributed by atoms with Crippen LogP contribution in [0.5, 0.6) is 5.75 Å². The average molecular weight is 499 g/mol. The number of aryl methyl sites for hydroxylation is 3. The number of fused-ring (bicyclic) bond motifs is 1. The lowest BCUT2D eigenvalue weighted by atomic mass is 10.1. The molecule has 0 unspecified atom stereocenters. The number of carbonyl (C=O) groups is 1. The fourth-order valence-corrected chi connectivity index (χ4v) is 4.16. The quantitative estimate of drug-likeness (QED) is 0.280. The average Bonchev–Trinajstić information content (AvgIpc) is 3.07. The van der Waals surface area contributed by atoms with Crippen LogP contribution in [-0.2, 0) is 11.2 Å². The number of H-pyrrole nitrogens is 1. The van der Waals surface area contributed by atoms with Gasteiger partial charge in [-0.3, -0.25) is 0 Å². The molecule has 0 fully saturated rings. The third kappa shape index (κ3) is 4.73. The monoisotopic (exact) mass is 497 g/mol. The highest BCUT2D eigenvalue weighted by Gasteiger charge is 2.21. The number of hydrogen-bond acceptors (Lipinski definition) is 3. The molecule has 0 aliphatic carbocycles. The van der Waals surface area contributed by atoms with Gasteiger partial charge in [-0.1, -0.05) is 23.2 Å². The number of ether oxygens (including phenoxy) is 2. The van der Waals surface area contributed by atoms with Gasteiger partial charge in [-0.15, -0.1) is 0 Å². The van der Waals surface area contributed by atoms with Crippen LogP contribution in [0.4, 0.5) is 0 Å². The van der Waals surface area contributed by atoms with Gasteiger partial charge in [0.2, 0.25) is 0 Å². The van der Waals surface area contributed by atoms with E-state index in [0.29, 0.717) is 36.8 Å². The molecule has 0 saturated carbocycles. The number of carbonyl (C=O) groups excluding carboxylic acids is 1. The molecule has 0 bridgehead atoms. The Kier molecular flexibility index (Phi) is 7.14. The van der Waals surface area contributed by atoms with Crippen LogP contribution < -0.4 is 4.74 Å². The first kappa shape index (κ1) is 22.0. The molecule has 0 spiro atoms. The Morgan fingerprint density at radius 2 is 1.86 bits per heavy atom. The molecule has 0 aliphatic rings. The molecule has 0 radical (unpaired) electrons. The second-order valence-corrected chi connectivity index (χ2v) is 8.44. The summed E-state index contributed by atoms with van der Waals surface area (Å²) >= 11 is 16.2. The topological polar surface area (TPSA) is 51.3 Å². The first-order chi connectivity index (χ1) is 13.8. The molecule has 1 N–H and O–H groups in total. The number of hydrogen-bond donors (Lipinski definition) is 1. The van der Waals surface area contributed by atoms with Gasteiger partial charge in [0.1, 0.15) is 11.4 Å². The van der Waals surface area contributed by atoms with Crippen LogP contribution in [-0.4, -0.2) is 24.2 Å². The molecular formula is C22H22BrCl2NO3. The van der Waals surface area contributed by atoms with Crippen LogP contribution >= 0.6 is 39.1 Å². The number of benzene rings is 2. The fourth-order valence-electron chi connectivity index (χ4n) is 3.35. The van der Waals surface area contributed by atoms with E-state index in [1.54, 1.807) is 6.92 Å². The van der Waals surface area contributed by atoms with Crippen molar-refractivity contribution in [2.24, 2.45) is 0 Å². The lowest BCUT2D eigenvalue weighted by molar-refractivity contribution is 0.0519. The number of halogens is 3. The maximum atomic E-state index is 12.5. The maximum Gasteiger partial charge on any atom is 0.355 e. The van der Waals surface area contributed by atoms with E-state index in [4.69, 9.17) is 32.7 Å².